The highest BCUT2D eigenvalue weighted by atomic mass is 15.2. The van der Waals surface area contributed by atoms with Crippen molar-refractivity contribution in [2.24, 2.45) is 0 Å². The molecule has 4 nitrogen and oxygen atoms in total. The van der Waals surface area contributed by atoms with Gasteiger partial charge in [-0.25, -0.2) is 0 Å². The molecule has 1 fully saturated rings. The first-order chi connectivity index (χ1) is 6.68. The first-order valence-corrected chi connectivity index (χ1v) is 5.12. The highest BCUT2D eigenvalue weighted by Gasteiger charge is 2.29. The van der Waals surface area contributed by atoms with Crippen LogP contribution in [0, 0.1) is 0 Å². The Labute approximate surface area is 84.7 Å². The molecule has 0 aliphatic carbocycles. The van der Waals surface area contributed by atoms with Gasteiger partial charge in [-0.15, -0.1) is 0 Å². The first-order valence-electron chi connectivity index (χ1n) is 5.12. The molecule has 14 heavy (non-hydrogen) atoms. The van der Waals surface area contributed by atoms with Crippen LogP contribution in [-0.4, -0.2) is 40.3 Å². The van der Waals surface area contributed by atoms with E-state index in [1.807, 2.05) is 12.4 Å². The molecule has 0 bridgehead atoms. The number of aromatic amines is 1. The van der Waals surface area contributed by atoms with Gasteiger partial charge in [0.05, 0.1) is 6.20 Å². The molecule has 0 aromatic carbocycles. The zero-order valence-electron chi connectivity index (χ0n) is 8.88. The average Bonchev–Trinajstić information content (AvgIpc) is 2.61. The van der Waals surface area contributed by atoms with Gasteiger partial charge in [0, 0.05) is 43.5 Å². The van der Waals surface area contributed by atoms with Crippen LogP contribution in [0.25, 0.3) is 0 Å². The minimum absolute atomic E-state index is 0.246. The summed E-state index contributed by atoms with van der Waals surface area (Å²) >= 11 is 0. The van der Waals surface area contributed by atoms with E-state index in [1.54, 1.807) is 0 Å². The SMILES string of the molecule is CC1(C)CNCCN1Cc1cn[nH]c1. The third-order valence-electron chi connectivity index (χ3n) is 2.90. The molecular formula is C10H18N4. The summed E-state index contributed by atoms with van der Waals surface area (Å²) in [5.74, 6) is 0. The summed E-state index contributed by atoms with van der Waals surface area (Å²) in [7, 11) is 0. The molecule has 4 heteroatoms. The van der Waals surface area contributed by atoms with Crippen LogP contribution in [0.4, 0.5) is 0 Å². The van der Waals surface area contributed by atoms with Crippen LogP contribution < -0.4 is 5.32 Å². The lowest BCUT2D eigenvalue weighted by Crippen LogP contribution is -2.57. The third kappa shape index (κ3) is 1.96. The normalized spacial score (nSPS) is 22.4. The van der Waals surface area contributed by atoms with Gasteiger partial charge in [-0.2, -0.15) is 5.10 Å². The predicted molar refractivity (Wildman–Crippen MR) is 55.9 cm³/mol. The highest BCUT2D eigenvalue weighted by Crippen LogP contribution is 2.18. The molecule has 1 aliphatic rings. The first kappa shape index (κ1) is 9.68. The van der Waals surface area contributed by atoms with Crippen LogP contribution in [0.15, 0.2) is 12.4 Å². The van der Waals surface area contributed by atoms with Crippen LogP contribution in [0.1, 0.15) is 19.4 Å². The molecule has 2 rings (SSSR count). The standard InChI is InChI=1S/C10H18N4/c1-10(2)8-11-3-4-14(10)7-9-5-12-13-6-9/h5-6,11H,3-4,7-8H2,1-2H3,(H,12,13). The van der Waals surface area contributed by atoms with Crippen molar-refractivity contribution in [3.8, 4) is 0 Å². The maximum Gasteiger partial charge on any atom is 0.0532 e. The average molecular weight is 194 g/mol. The Morgan fingerprint density at radius 2 is 2.43 bits per heavy atom. The Morgan fingerprint density at radius 1 is 1.57 bits per heavy atom. The van der Waals surface area contributed by atoms with Crippen LogP contribution >= 0.6 is 0 Å². The minimum atomic E-state index is 0.246. The Morgan fingerprint density at radius 3 is 3.07 bits per heavy atom. The maximum atomic E-state index is 3.97. The molecule has 0 saturated carbocycles. The molecule has 0 amide bonds. The van der Waals surface area contributed by atoms with Crippen LogP contribution in [0.3, 0.4) is 0 Å². The monoisotopic (exact) mass is 194 g/mol. The van der Waals surface area contributed by atoms with Crippen molar-refractivity contribution in [2.75, 3.05) is 19.6 Å². The second-order valence-electron chi connectivity index (χ2n) is 4.52. The van der Waals surface area contributed by atoms with E-state index in [-0.39, 0.29) is 5.54 Å². The van der Waals surface area contributed by atoms with Gasteiger partial charge in [0.2, 0.25) is 0 Å². The van der Waals surface area contributed by atoms with Crippen LogP contribution in [-0.2, 0) is 6.54 Å². The number of piperazine rings is 1. The van der Waals surface area contributed by atoms with E-state index in [1.165, 1.54) is 5.56 Å². The molecule has 78 valence electrons. The van der Waals surface area contributed by atoms with Gasteiger partial charge in [-0.1, -0.05) is 0 Å². The molecule has 2 N–H and O–H groups in total. The van der Waals surface area contributed by atoms with E-state index < -0.39 is 0 Å². The quantitative estimate of drug-likeness (QED) is 0.724. The van der Waals surface area contributed by atoms with Crippen molar-refractivity contribution in [2.45, 2.75) is 25.9 Å². The Balaban J connectivity index is 2.02. The minimum Gasteiger partial charge on any atom is -0.314 e. The number of rotatable bonds is 2. The van der Waals surface area contributed by atoms with Crippen molar-refractivity contribution >= 4 is 0 Å². The van der Waals surface area contributed by atoms with Crippen molar-refractivity contribution in [1.82, 2.24) is 20.4 Å². The molecule has 1 aromatic rings. The topological polar surface area (TPSA) is 44.0 Å². The second-order valence-corrected chi connectivity index (χ2v) is 4.52. The van der Waals surface area contributed by atoms with Gasteiger partial charge in [0.15, 0.2) is 0 Å². The summed E-state index contributed by atoms with van der Waals surface area (Å²) in [6.45, 7) is 8.80. The summed E-state index contributed by atoms with van der Waals surface area (Å²) in [6, 6.07) is 0. The van der Waals surface area contributed by atoms with Gasteiger partial charge in [0.25, 0.3) is 0 Å². The molecule has 0 atom stereocenters. The van der Waals surface area contributed by atoms with Crippen molar-refractivity contribution in [3.05, 3.63) is 18.0 Å². The fourth-order valence-corrected chi connectivity index (χ4v) is 1.90. The number of aromatic nitrogens is 2. The summed E-state index contributed by atoms with van der Waals surface area (Å²) in [4.78, 5) is 2.49. The van der Waals surface area contributed by atoms with E-state index in [9.17, 15) is 0 Å². The predicted octanol–water partition coefficient (Wildman–Crippen LogP) is 0.593. The molecule has 2 heterocycles. The van der Waals surface area contributed by atoms with Gasteiger partial charge in [-0.05, 0) is 13.8 Å². The molecule has 1 aromatic heterocycles. The smallest absolute Gasteiger partial charge is 0.0532 e. The molecular weight excluding hydrogens is 176 g/mol. The molecule has 1 saturated heterocycles. The summed E-state index contributed by atoms with van der Waals surface area (Å²) < 4.78 is 0. The van der Waals surface area contributed by atoms with Gasteiger partial charge in [-0.3, -0.25) is 10.00 Å². The van der Waals surface area contributed by atoms with Crippen molar-refractivity contribution < 1.29 is 0 Å². The number of hydrogen-bond acceptors (Lipinski definition) is 3. The largest absolute Gasteiger partial charge is 0.314 e. The lowest BCUT2D eigenvalue weighted by Gasteiger charge is -2.42. The summed E-state index contributed by atoms with van der Waals surface area (Å²) in [5, 5.41) is 10.2. The molecule has 0 spiro atoms. The van der Waals surface area contributed by atoms with Crippen molar-refractivity contribution in [1.29, 1.82) is 0 Å². The highest BCUT2D eigenvalue weighted by molar-refractivity contribution is 5.04. The number of hydrogen-bond donors (Lipinski definition) is 2. The Bertz CT molecular complexity index is 278. The molecule has 0 unspecified atom stereocenters. The summed E-state index contributed by atoms with van der Waals surface area (Å²) in [6.07, 6.45) is 3.87. The van der Waals surface area contributed by atoms with Crippen molar-refractivity contribution in [3.63, 3.8) is 0 Å². The van der Waals surface area contributed by atoms with E-state index in [0.717, 1.165) is 26.2 Å². The van der Waals surface area contributed by atoms with E-state index >= 15 is 0 Å². The number of H-pyrrole nitrogens is 1. The zero-order valence-corrected chi connectivity index (χ0v) is 8.88. The number of nitrogens with zero attached hydrogens (tertiary/aromatic N) is 2. The fourth-order valence-electron chi connectivity index (χ4n) is 1.90. The fraction of sp³-hybridized carbons (Fsp3) is 0.700. The lowest BCUT2D eigenvalue weighted by atomic mass is 10.00. The lowest BCUT2D eigenvalue weighted by molar-refractivity contribution is 0.0828. The second kappa shape index (κ2) is 3.71. The third-order valence-corrected chi connectivity index (χ3v) is 2.90. The van der Waals surface area contributed by atoms with E-state index in [0.29, 0.717) is 0 Å². The Hall–Kier alpha value is -0.870. The Kier molecular flexibility index (Phi) is 2.56. The summed E-state index contributed by atoms with van der Waals surface area (Å²) in [5.41, 5.74) is 1.51. The van der Waals surface area contributed by atoms with E-state index in [4.69, 9.17) is 0 Å². The van der Waals surface area contributed by atoms with Gasteiger partial charge < -0.3 is 5.32 Å². The van der Waals surface area contributed by atoms with Gasteiger partial charge in [0.1, 0.15) is 0 Å². The molecule has 0 radical (unpaired) electrons. The number of nitrogens with one attached hydrogen (secondary N) is 2. The zero-order chi connectivity index (χ0) is 10.0. The van der Waals surface area contributed by atoms with Crippen LogP contribution in [0.2, 0.25) is 0 Å². The maximum absolute atomic E-state index is 3.97. The van der Waals surface area contributed by atoms with Gasteiger partial charge >= 0.3 is 0 Å². The van der Waals surface area contributed by atoms with E-state index in [2.05, 4.69) is 34.3 Å². The molecule has 1 aliphatic heterocycles. The van der Waals surface area contributed by atoms with Crippen LogP contribution in [0.5, 0.6) is 0 Å².